The molecule has 0 unspecified atom stereocenters. The molecule has 3 rings (SSSR count). The Morgan fingerprint density at radius 3 is 2.59 bits per heavy atom. The van der Waals surface area contributed by atoms with E-state index in [1.54, 1.807) is 19.1 Å². The van der Waals surface area contributed by atoms with Crippen molar-refractivity contribution in [2.75, 3.05) is 11.5 Å². The maximum atomic E-state index is 13.0. The molecule has 7 nitrogen and oxygen atoms in total. The lowest BCUT2D eigenvalue weighted by molar-refractivity contribution is -0.122. The van der Waals surface area contributed by atoms with Crippen molar-refractivity contribution >= 4 is 41.2 Å². The first-order chi connectivity index (χ1) is 13.9. The number of para-hydroxylation sites is 1. The number of amides is 4. The van der Waals surface area contributed by atoms with Crippen molar-refractivity contribution in [1.29, 1.82) is 0 Å². The molecule has 0 radical (unpaired) electrons. The van der Waals surface area contributed by atoms with Crippen molar-refractivity contribution in [3.63, 3.8) is 0 Å². The van der Waals surface area contributed by atoms with E-state index in [0.29, 0.717) is 24.3 Å². The van der Waals surface area contributed by atoms with Crippen LogP contribution in [-0.2, 0) is 16.0 Å². The fraction of sp³-hybridized carbons (Fsp3) is 0.190. The van der Waals surface area contributed by atoms with Gasteiger partial charge in [0.1, 0.15) is 5.57 Å². The second-order valence-corrected chi connectivity index (χ2v) is 6.63. The number of phenolic OH excluding ortho intramolecular Hbond substituents is 1. The smallest absolute Gasteiger partial charge is 0.335 e. The minimum Gasteiger partial charge on any atom is -0.503 e. The minimum atomic E-state index is -0.813. The summed E-state index contributed by atoms with van der Waals surface area (Å²) in [5.74, 6) is -1.67. The summed E-state index contributed by atoms with van der Waals surface area (Å²) >= 11 is 6.02. The number of imide groups is 2. The molecule has 0 saturated carbocycles. The van der Waals surface area contributed by atoms with Crippen LogP contribution in [0.15, 0.2) is 42.0 Å². The van der Waals surface area contributed by atoms with Crippen molar-refractivity contribution in [1.82, 2.24) is 5.32 Å². The van der Waals surface area contributed by atoms with E-state index < -0.39 is 17.8 Å². The van der Waals surface area contributed by atoms with E-state index in [-0.39, 0.29) is 22.1 Å². The van der Waals surface area contributed by atoms with Crippen LogP contribution >= 0.6 is 11.6 Å². The van der Waals surface area contributed by atoms with Crippen LogP contribution in [0.3, 0.4) is 0 Å². The van der Waals surface area contributed by atoms with Gasteiger partial charge < -0.3 is 9.84 Å². The number of phenols is 1. The highest BCUT2D eigenvalue weighted by Crippen LogP contribution is 2.36. The molecule has 0 aliphatic carbocycles. The van der Waals surface area contributed by atoms with Gasteiger partial charge in [0.25, 0.3) is 11.8 Å². The third-order valence-corrected chi connectivity index (χ3v) is 4.66. The van der Waals surface area contributed by atoms with E-state index in [2.05, 4.69) is 5.32 Å². The fourth-order valence-corrected chi connectivity index (χ4v) is 3.23. The lowest BCUT2D eigenvalue weighted by atomic mass is 10.0. The van der Waals surface area contributed by atoms with Crippen LogP contribution in [0.4, 0.5) is 10.5 Å². The number of benzene rings is 2. The average Bonchev–Trinajstić information content (AvgIpc) is 2.69. The Labute approximate surface area is 172 Å². The molecule has 150 valence electrons. The number of hydrogen-bond acceptors (Lipinski definition) is 5. The van der Waals surface area contributed by atoms with Gasteiger partial charge in [0.2, 0.25) is 0 Å². The molecule has 0 spiro atoms. The van der Waals surface area contributed by atoms with Crippen LogP contribution < -0.4 is 15.0 Å². The van der Waals surface area contributed by atoms with Gasteiger partial charge >= 0.3 is 6.03 Å². The second-order valence-electron chi connectivity index (χ2n) is 6.22. The summed E-state index contributed by atoms with van der Waals surface area (Å²) < 4.78 is 5.33. The van der Waals surface area contributed by atoms with E-state index in [0.717, 1.165) is 10.5 Å². The van der Waals surface area contributed by atoms with Crippen LogP contribution in [0.25, 0.3) is 6.08 Å². The van der Waals surface area contributed by atoms with Gasteiger partial charge in [-0.15, -0.1) is 0 Å². The highest BCUT2D eigenvalue weighted by Gasteiger charge is 2.37. The molecule has 1 heterocycles. The molecule has 2 N–H and O–H groups in total. The van der Waals surface area contributed by atoms with Crippen molar-refractivity contribution in [3.05, 3.63) is 58.1 Å². The van der Waals surface area contributed by atoms with Gasteiger partial charge in [0, 0.05) is 0 Å². The number of ether oxygens (including phenoxy) is 1. The van der Waals surface area contributed by atoms with Crippen LogP contribution in [0.1, 0.15) is 25.0 Å². The molecule has 0 atom stereocenters. The number of nitrogens with one attached hydrogen (secondary N) is 1. The summed E-state index contributed by atoms with van der Waals surface area (Å²) in [7, 11) is 0. The summed E-state index contributed by atoms with van der Waals surface area (Å²) in [6.45, 7) is 3.94. The molecular formula is C21H19ClN2O5. The van der Waals surface area contributed by atoms with Crippen molar-refractivity contribution in [2.24, 2.45) is 0 Å². The summed E-state index contributed by atoms with van der Waals surface area (Å²) in [6.07, 6.45) is 1.91. The van der Waals surface area contributed by atoms with Crippen molar-refractivity contribution in [3.8, 4) is 11.5 Å². The van der Waals surface area contributed by atoms with E-state index in [1.165, 1.54) is 18.2 Å². The number of nitrogens with zero attached hydrogens (tertiary/aromatic N) is 1. The minimum absolute atomic E-state index is 0.00993. The van der Waals surface area contributed by atoms with Crippen LogP contribution in [-0.4, -0.2) is 29.6 Å². The predicted octanol–water partition coefficient (Wildman–Crippen LogP) is 3.67. The third kappa shape index (κ3) is 3.95. The Balaban J connectivity index is 2.06. The van der Waals surface area contributed by atoms with E-state index >= 15 is 0 Å². The average molecular weight is 415 g/mol. The second kappa shape index (κ2) is 8.36. The number of anilines is 1. The first kappa shape index (κ1) is 20.4. The predicted molar refractivity (Wildman–Crippen MR) is 109 cm³/mol. The normalized spacial score (nSPS) is 15.6. The summed E-state index contributed by atoms with van der Waals surface area (Å²) in [5.41, 5.74) is 1.33. The van der Waals surface area contributed by atoms with E-state index in [4.69, 9.17) is 16.3 Å². The number of barbiturate groups is 1. The molecule has 8 heteroatoms. The number of aryl methyl sites for hydroxylation is 1. The molecule has 1 aliphatic rings. The summed E-state index contributed by atoms with van der Waals surface area (Å²) in [6, 6.07) is 9.02. The van der Waals surface area contributed by atoms with Crippen molar-refractivity contribution < 1.29 is 24.2 Å². The van der Waals surface area contributed by atoms with Gasteiger partial charge in [-0.2, -0.15) is 0 Å². The van der Waals surface area contributed by atoms with E-state index in [1.807, 2.05) is 19.1 Å². The zero-order valence-electron chi connectivity index (χ0n) is 15.9. The number of carbonyl (C=O) groups is 3. The molecule has 2 aromatic rings. The number of rotatable bonds is 5. The van der Waals surface area contributed by atoms with Crippen LogP contribution in [0.2, 0.25) is 5.02 Å². The van der Waals surface area contributed by atoms with Crippen LogP contribution in [0.5, 0.6) is 11.5 Å². The fourth-order valence-electron chi connectivity index (χ4n) is 3.01. The molecule has 0 bridgehead atoms. The monoisotopic (exact) mass is 414 g/mol. The number of hydrogen-bond donors (Lipinski definition) is 2. The number of carbonyl (C=O) groups excluding carboxylic acids is 3. The molecule has 1 fully saturated rings. The zero-order chi connectivity index (χ0) is 21.1. The Morgan fingerprint density at radius 1 is 1.17 bits per heavy atom. The quantitative estimate of drug-likeness (QED) is 0.574. The Hall–Kier alpha value is -3.32. The van der Waals surface area contributed by atoms with Gasteiger partial charge in [-0.05, 0) is 48.7 Å². The number of aromatic hydroxyl groups is 1. The topological polar surface area (TPSA) is 95.9 Å². The molecule has 1 saturated heterocycles. The maximum absolute atomic E-state index is 13.0. The zero-order valence-corrected chi connectivity index (χ0v) is 16.6. The highest BCUT2D eigenvalue weighted by molar-refractivity contribution is 6.39. The van der Waals surface area contributed by atoms with Gasteiger partial charge in [0.15, 0.2) is 11.5 Å². The largest absolute Gasteiger partial charge is 0.503 e. The highest BCUT2D eigenvalue weighted by atomic mass is 35.5. The first-order valence-corrected chi connectivity index (χ1v) is 9.39. The Kier molecular flexibility index (Phi) is 5.89. The Bertz CT molecular complexity index is 1030. The standard InChI is InChI=1S/C21H19ClN2O5/c1-3-13-7-5-6-8-16(13)24-20(27)14(19(26)23-21(24)28)9-12-10-15(22)18(25)17(11-12)29-4-2/h5-11,25H,3-4H2,1-2H3,(H,23,26,28)/b14-9+. The number of halogens is 1. The number of urea groups is 1. The molecule has 4 amide bonds. The molecule has 0 aromatic heterocycles. The summed E-state index contributed by atoms with van der Waals surface area (Å²) in [4.78, 5) is 38.7. The van der Waals surface area contributed by atoms with Gasteiger partial charge in [0.05, 0.1) is 17.3 Å². The van der Waals surface area contributed by atoms with E-state index in [9.17, 15) is 19.5 Å². The Morgan fingerprint density at radius 2 is 1.90 bits per heavy atom. The third-order valence-electron chi connectivity index (χ3n) is 4.38. The first-order valence-electron chi connectivity index (χ1n) is 9.02. The summed E-state index contributed by atoms with van der Waals surface area (Å²) in [5, 5.41) is 12.2. The molecule has 2 aromatic carbocycles. The maximum Gasteiger partial charge on any atom is 0.335 e. The molecule has 29 heavy (non-hydrogen) atoms. The van der Waals surface area contributed by atoms with Gasteiger partial charge in [-0.3, -0.25) is 14.9 Å². The molecular weight excluding hydrogens is 396 g/mol. The lowest BCUT2D eigenvalue weighted by Gasteiger charge is -2.28. The lowest BCUT2D eigenvalue weighted by Crippen LogP contribution is -2.54. The van der Waals surface area contributed by atoms with Gasteiger partial charge in [-0.1, -0.05) is 36.7 Å². The van der Waals surface area contributed by atoms with Crippen LogP contribution in [0, 0.1) is 0 Å². The SMILES string of the molecule is CCOc1cc(/C=C2\C(=O)NC(=O)N(c3ccccc3CC)C2=O)cc(Cl)c1O. The van der Waals surface area contributed by atoms with Crippen molar-refractivity contribution in [2.45, 2.75) is 20.3 Å². The van der Waals surface area contributed by atoms with Gasteiger partial charge in [-0.25, -0.2) is 9.69 Å². The molecule has 1 aliphatic heterocycles.